The van der Waals surface area contributed by atoms with Crippen molar-refractivity contribution in [1.82, 2.24) is 4.98 Å². The molecule has 0 spiro atoms. The van der Waals surface area contributed by atoms with Gasteiger partial charge < -0.3 is 5.32 Å². The average Bonchev–Trinajstić information content (AvgIpc) is 2.32. The molecule has 0 saturated heterocycles. The van der Waals surface area contributed by atoms with E-state index >= 15 is 0 Å². The Morgan fingerprint density at radius 3 is 3.12 bits per heavy atom. The second kappa shape index (κ2) is 5.92. The van der Waals surface area contributed by atoms with E-state index in [9.17, 15) is 0 Å². The first kappa shape index (κ1) is 12.2. The zero-order valence-corrected chi connectivity index (χ0v) is 11.9. The van der Waals surface area contributed by atoms with Crippen molar-refractivity contribution in [2.45, 2.75) is 37.0 Å². The van der Waals surface area contributed by atoms with Gasteiger partial charge in [-0.25, -0.2) is 4.98 Å². The lowest BCUT2D eigenvalue weighted by molar-refractivity contribution is 0.472. The van der Waals surface area contributed by atoms with Gasteiger partial charge in [0, 0.05) is 17.5 Å². The summed E-state index contributed by atoms with van der Waals surface area (Å²) in [6.07, 6.45) is 9.26. The van der Waals surface area contributed by atoms with Gasteiger partial charge in [-0.05, 0) is 53.6 Å². The lowest BCUT2D eigenvalue weighted by atomic mass is 9.95. The number of nitrogens with zero attached hydrogens (tertiary/aromatic N) is 1. The number of aromatic nitrogens is 1. The van der Waals surface area contributed by atoms with Crippen LogP contribution in [0.25, 0.3) is 0 Å². The zero-order chi connectivity index (χ0) is 11.4. The highest BCUT2D eigenvalue weighted by atomic mass is 79.9. The number of nitrogens with one attached hydrogen (secondary N) is 1. The van der Waals surface area contributed by atoms with Crippen molar-refractivity contribution in [3.8, 4) is 0 Å². The number of thioether (sulfide) groups is 1. The first-order chi connectivity index (χ1) is 7.79. The third-order valence-corrected chi connectivity index (χ3v) is 4.79. The average molecular weight is 301 g/mol. The van der Waals surface area contributed by atoms with Gasteiger partial charge in [-0.2, -0.15) is 11.8 Å². The van der Waals surface area contributed by atoms with Crippen LogP contribution in [0.3, 0.4) is 0 Å². The lowest BCUT2D eigenvalue weighted by Gasteiger charge is -2.29. The maximum Gasteiger partial charge on any atom is 0.140 e. The Morgan fingerprint density at radius 1 is 1.50 bits per heavy atom. The molecule has 0 bridgehead atoms. The molecule has 0 aromatic carbocycles. The van der Waals surface area contributed by atoms with Crippen LogP contribution in [0.15, 0.2) is 22.8 Å². The number of rotatable bonds is 3. The molecule has 0 aliphatic heterocycles. The van der Waals surface area contributed by atoms with Crippen molar-refractivity contribution >= 4 is 33.5 Å². The number of hydrogen-bond donors (Lipinski definition) is 1. The van der Waals surface area contributed by atoms with E-state index in [1.54, 1.807) is 0 Å². The third-order valence-electron chi connectivity index (χ3n) is 3.06. The van der Waals surface area contributed by atoms with Gasteiger partial charge in [-0.1, -0.05) is 6.42 Å². The summed E-state index contributed by atoms with van der Waals surface area (Å²) in [6, 6.07) is 4.56. The highest BCUT2D eigenvalue weighted by Gasteiger charge is 2.21. The van der Waals surface area contributed by atoms with E-state index in [-0.39, 0.29) is 0 Å². The largest absolute Gasteiger partial charge is 0.366 e. The molecule has 1 fully saturated rings. The molecule has 0 amide bonds. The fourth-order valence-electron chi connectivity index (χ4n) is 2.18. The van der Waals surface area contributed by atoms with E-state index in [2.05, 4.69) is 32.5 Å². The second-order valence-corrected chi connectivity index (χ2v) is 6.19. The number of hydrogen-bond acceptors (Lipinski definition) is 3. The molecule has 0 radical (unpaired) electrons. The smallest absolute Gasteiger partial charge is 0.140 e. The molecule has 1 aliphatic rings. The van der Waals surface area contributed by atoms with Gasteiger partial charge in [0.2, 0.25) is 0 Å². The molecule has 88 valence electrons. The highest BCUT2D eigenvalue weighted by molar-refractivity contribution is 9.10. The van der Waals surface area contributed by atoms with Crippen LogP contribution in [0.1, 0.15) is 25.7 Å². The number of anilines is 1. The van der Waals surface area contributed by atoms with Crippen LogP contribution < -0.4 is 5.32 Å². The van der Waals surface area contributed by atoms with Gasteiger partial charge in [-0.15, -0.1) is 0 Å². The van der Waals surface area contributed by atoms with Crippen molar-refractivity contribution in [3.63, 3.8) is 0 Å². The Morgan fingerprint density at radius 2 is 2.38 bits per heavy atom. The Kier molecular flexibility index (Phi) is 4.53. The van der Waals surface area contributed by atoms with Crippen molar-refractivity contribution < 1.29 is 0 Å². The summed E-state index contributed by atoms with van der Waals surface area (Å²) in [5, 5.41) is 4.36. The normalized spacial score (nSPS) is 25.4. The molecule has 1 N–H and O–H groups in total. The highest BCUT2D eigenvalue weighted by Crippen LogP contribution is 2.29. The molecule has 1 aromatic rings. The molecule has 2 unspecified atom stereocenters. The standard InChI is InChI=1S/C12H17BrN2S/c1-16-10-5-2-4-9(8-10)15-12-11(13)6-3-7-14-12/h3,6-7,9-10H,2,4-5,8H2,1H3,(H,14,15). The maximum atomic E-state index is 4.36. The van der Waals surface area contributed by atoms with Crippen LogP contribution in [0, 0.1) is 0 Å². The van der Waals surface area contributed by atoms with Crippen molar-refractivity contribution in [3.05, 3.63) is 22.8 Å². The Balaban J connectivity index is 1.97. The summed E-state index contributed by atoms with van der Waals surface area (Å²) in [5.74, 6) is 0.981. The van der Waals surface area contributed by atoms with Gasteiger partial charge >= 0.3 is 0 Å². The van der Waals surface area contributed by atoms with Crippen LogP contribution in [-0.2, 0) is 0 Å². The van der Waals surface area contributed by atoms with Gasteiger partial charge in [-0.3, -0.25) is 0 Å². The summed E-state index contributed by atoms with van der Waals surface area (Å²) in [5.41, 5.74) is 0. The van der Waals surface area contributed by atoms with Crippen LogP contribution in [0.2, 0.25) is 0 Å². The monoisotopic (exact) mass is 300 g/mol. The fraction of sp³-hybridized carbons (Fsp3) is 0.583. The summed E-state index contributed by atoms with van der Waals surface area (Å²) in [4.78, 5) is 4.36. The van der Waals surface area contributed by atoms with E-state index < -0.39 is 0 Å². The minimum Gasteiger partial charge on any atom is -0.366 e. The van der Waals surface area contributed by atoms with E-state index in [1.165, 1.54) is 25.7 Å². The van der Waals surface area contributed by atoms with E-state index in [0.717, 1.165) is 15.5 Å². The second-order valence-electron chi connectivity index (χ2n) is 4.20. The van der Waals surface area contributed by atoms with Crippen molar-refractivity contribution in [2.24, 2.45) is 0 Å². The molecule has 4 heteroatoms. The molecule has 1 aliphatic carbocycles. The van der Waals surface area contributed by atoms with Crippen molar-refractivity contribution in [1.29, 1.82) is 0 Å². The summed E-state index contributed by atoms with van der Waals surface area (Å²) in [7, 11) is 0. The minimum atomic E-state index is 0.581. The molecule has 2 nitrogen and oxygen atoms in total. The Hall–Kier alpha value is -0.220. The predicted molar refractivity (Wildman–Crippen MR) is 75.1 cm³/mol. The molecular formula is C12H17BrN2S. The maximum absolute atomic E-state index is 4.36. The van der Waals surface area contributed by atoms with Gasteiger partial charge in [0.15, 0.2) is 0 Å². The number of pyridine rings is 1. The molecule has 1 heterocycles. The first-order valence-electron chi connectivity index (χ1n) is 5.69. The van der Waals surface area contributed by atoms with Crippen LogP contribution in [0.5, 0.6) is 0 Å². The molecule has 16 heavy (non-hydrogen) atoms. The first-order valence-corrected chi connectivity index (χ1v) is 7.77. The SMILES string of the molecule is CSC1CCCC(Nc2ncccc2Br)C1. The van der Waals surface area contributed by atoms with Crippen LogP contribution in [0.4, 0.5) is 5.82 Å². The minimum absolute atomic E-state index is 0.581. The van der Waals surface area contributed by atoms with Gasteiger partial charge in [0.05, 0.1) is 4.47 Å². The van der Waals surface area contributed by atoms with Crippen LogP contribution >= 0.6 is 27.7 Å². The predicted octanol–water partition coefficient (Wildman–Crippen LogP) is 3.93. The summed E-state index contributed by atoms with van der Waals surface area (Å²) >= 11 is 5.52. The molecular weight excluding hydrogens is 284 g/mol. The molecule has 2 atom stereocenters. The van der Waals surface area contributed by atoms with E-state index in [0.29, 0.717) is 6.04 Å². The zero-order valence-electron chi connectivity index (χ0n) is 9.45. The fourth-order valence-corrected chi connectivity index (χ4v) is 3.37. The third kappa shape index (κ3) is 3.14. The quantitative estimate of drug-likeness (QED) is 0.915. The molecule has 1 saturated carbocycles. The summed E-state index contributed by atoms with van der Waals surface area (Å²) < 4.78 is 1.06. The van der Waals surface area contributed by atoms with Crippen LogP contribution in [-0.4, -0.2) is 22.5 Å². The van der Waals surface area contributed by atoms with Gasteiger partial charge in [0.1, 0.15) is 5.82 Å². The molecule has 1 aromatic heterocycles. The van der Waals surface area contributed by atoms with Gasteiger partial charge in [0.25, 0.3) is 0 Å². The number of halogens is 1. The van der Waals surface area contributed by atoms with E-state index in [1.807, 2.05) is 30.1 Å². The van der Waals surface area contributed by atoms with Crippen molar-refractivity contribution in [2.75, 3.05) is 11.6 Å². The topological polar surface area (TPSA) is 24.9 Å². The Bertz CT molecular complexity index is 346. The Labute approximate surface area is 110 Å². The molecule has 2 rings (SSSR count). The lowest BCUT2D eigenvalue weighted by Crippen LogP contribution is -2.28. The van der Waals surface area contributed by atoms with E-state index in [4.69, 9.17) is 0 Å². The summed E-state index contributed by atoms with van der Waals surface area (Å²) in [6.45, 7) is 0.